The van der Waals surface area contributed by atoms with E-state index in [9.17, 15) is 22.8 Å². The van der Waals surface area contributed by atoms with Crippen molar-refractivity contribution in [1.29, 1.82) is 0 Å². The van der Waals surface area contributed by atoms with E-state index in [1.807, 2.05) is 0 Å². The second-order valence-corrected chi connectivity index (χ2v) is 5.72. The van der Waals surface area contributed by atoms with Gasteiger partial charge in [0.25, 0.3) is 0 Å². The Kier molecular flexibility index (Phi) is 4.19. The molecule has 0 aromatic carbocycles. The van der Waals surface area contributed by atoms with E-state index in [-0.39, 0.29) is 13.2 Å². The Morgan fingerprint density at radius 1 is 1.33 bits per heavy atom. The fourth-order valence-corrected chi connectivity index (χ4v) is 2.76. The molecule has 5 nitrogen and oxygen atoms in total. The monoisotopic (exact) mass is 309 g/mol. The molecule has 0 bridgehead atoms. The number of alkyl halides is 3. The average molecular weight is 309 g/mol. The van der Waals surface area contributed by atoms with Crippen molar-refractivity contribution in [3.8, 4) is 0 Å². The van der Waals surface area contributed by atoms with Gasteiger partial charge in [-0.2, -0.15) is 13.2 Å². The van der Waals surface area contributed by atoms with Crippen LogP contribution in [-0.2, 0) is 14.3 Å². The number of hydrogen-bond acceptors (Lipinski definition) is 3. The number of nitrogens with zero attached hydrogens (tertiary/aromatic N) is 1. The van der Waals surface area contributed by atoms with Crippen molar-refractivity contribution in [2.45, 2.75) is 25.9 Å². The van der Waals surface area contributed by atoms with Gasteiger partial charge in [0, 0.05) is 19.7 Å². The first-order valence-corrected chi connectivity index (χ1v) is 6.88. The lowest BCUT2D eigenvalue weighted by Gasteiger charge is -2.23. The highest BCUT2D eigenvalue weighted by molar-refractivity contribution is 5.86. The molecule has 0 radical (unpaired) electrons. The number of hydrogen-bond donors (Lipinski definition) is 1. The summed E-state index contributed by atoms with van der Waals surface area (Å²) < 4.78 is 43.9. The molecule has 21 heavy (non-hydrogen) atoms. The van der Waals surface area contributed by atoms with Crippen LogP contribution < -0.4 is 0 Å². The van der Waals surface area contributed by atoms with E-state index in [4.69, 9.17) is 9.84 Å². The van der Waals surface area contributed by atoms with Crippen LogP contribution in [0.1, 0.15) is 19.8 Å². The minimum Gasteiger partial charge on any atom is -0.481 e. The molecule has 2 atom stereocenters. The summed E-state index contributed by atoms with van der Waals surface area (Å²) in [6.45, 7) is 1.43. The molecular weight excluding hydrogens is 291 g/mol. The molecule has 120 valence electrons. The zero-order chi connectivity index (χ0) is 15.8. The van der Waals surface area contributed by atoms with Crippen LogP contribution in [0.25, 0.3) is 0 Å². The van der Waals surface area contributed by atoms with Gasteiger partial charge in [-0.1, -0.05) is 0 Å². The number of carbonyl (C=O) groups excluding carboxylic acids is 1. The van der Waals surface area contributed by atoms with Crippen LogP contribution in [0.4, 0.5) is 13.2 Å². The first-order chi connectivity index (χ1) is 9.71. The van der Waals surface area contributed by atoms with Crippen LogP contribution in [0, 0.1) is 17.3 Å². The smallest absolute Gasteiger partial charge is 0.394 e. The molecule has 1 heterocycles. The predicted molar refractivity (Wildman–Crippen MR) is 65.4 cm³/mol. The van der Waals surface area contributed by atoms with Crippen LogP contribution in [0.5, 0.6) is 0 Å². The second kappa shape index (κ2) is 5.47. The maximum absolute atomic E-state index is 12.9. The molecular formula is C13H18F3NO4. The normalized spacial score (nSPS) is 27.7. The molecule has 2 aliphatic rings. The van der Waals surface area contributed by atoms with E-state index in [0.717, 1.165) is 4.90 Å². The minimum absolute atomic E-state index is 0.188. The Morgan fingerprint density at radius 2 is 1.95 bits per heavy atom. The van der Waals surface area contributed by atoms with Crippen LogP contribution in [0.2, 0.25) is 0 Å². The Balaban J connectivity index is 2.09. The van der Waals surface area contributed by atoms with Crippen LogP contribution in [-0.4, -0.2) is 54.4 Å². The van der Waals surface area contributed by atoms with Gasteiger partial charge in [-0.3, -0.25) is 9.59 Å². The number of amides is 1. The zero-order valence-corrected chi connectivity index (χ0v) is 11.7. The molecule has 8 heteroatoms. The second-order valence-electron chi connectivity index (χ2n) is 5.72. The van der Waals surface area contributed by atoms with E-state index in [1.54, 1.807) is 6.92 Å². The van der Waals surface area contributed by atoms with E-state index in [2.05, 4.69) is 0 Å². The number of halogens is 3. The van der Waals surface area contributed by atoms with Crippen LogP contribution in [0.3, 0.4) is 0 Å². The molecule has 0 unspecified atom stereocenters. The first kappa shape index (κ1) is 16.1. The third kappa shape index (κ3) is 3.14. The third-order valence-electron chi connectivity index (χ3n) is 4.23. The SMILES string of the molecule is CCOCC1(C(=O)N2C[C@@H](C(F)(F)F)[C@H](C(=O)O)C2)CC1. The summed E-state index contributed by atoms with van der Waals surface area (Å²) in [4.78, 5) is 24.4. The molecule has 2 fully saturated rings. The van der Waals surface area contributed by atoms with Crippen LogP contribution >= 0.6 is 0 Å². The summed E-state index contributed by atoms with van der Waals surface area (Å²) in [5.41, 5.74) is -0.737. The summed E-state index contributed by atoms with van der Waals surface area (Å²) in [6.07, 6.45) is -3.46. The van der Waals surface area contributed by atoms with Crippen molar-refractivity contribution in [2.24, 2.45) is 17.3 Å². The Morgan fingerprint density at radius 3 is 2.33 bits per heavy atom. The Hall–Kier alpha value is -1.31. The highest BCUT2D eigenvalue weighted by Crippen LogP contribution is 2.49. The summed E-state index contributed by atoms with van der Waals surface area (Å²) in [5, 5.41) is 8.94. The molecule has 0 spiro atoms. The van der Waals surface area contributed by atoms with Gasteiger partial charge in [0.1, 0.15) is 0 Å². The number of carbonyl (C=O) groups is 2. The van der Waals surface area contributed by atoms with Gasteiger partial charge in [0.2, 0.25) is 5.91 Å². The topological polar surface area (TPSA) is 66.8 Å². The Labute approximate surface area is 120 Å². The summed E-state index contributed by atoms with van der Waals surface area (Å²) in [6, 6.07) is 0. The number of rotatable bonds is 5. The van der Waals surface area contributed by atoms with Gasteiger partial charge in [-0.25, -0.2) is 0 Å². The fourth-order valence-electron chi connectivity index (χ4n) is 2.76. The fraction of sp³-hybridized carbons (Fsp3) is 0.846. The van der Waals surface area contributed by atoms with Gasteiger partial charge >= 0.3 is 12.1 Å². The average Bonchev–Trinajstić information content (AvgIpc) is 3.02. The van der Waals surface area contributed by atoms with Crippen LogP contribution in [0.15, 0.2) is 0 Å². The summed E-state index contributed by atoms with van der Waals surface area (Å²) >= 11 is 0. The summed E-state index contributed by atoms with van der Waals surface area (Å²) in [5.74, 6) is -5.50. The molecule has 1 amide bonds. The van der Waals surface area contributed by atoms with E-state index in [0.29, 0.717) is 19.4 Å². The molecule has 1 aliphatic carbocycles. The lowest BCUT2D eigenvalue weighted by atomic mass is 9.96. The zero-order valence-electron chi connectivity index (χ0n) is 11.7. The van der Waals surface area contributed by atoms with E-state index >= 15 is 0 Å². The molecule has 1 saturated heterocycles. The van der Waals surface area contributed by atoms with Crippen molar-refractivity contribution in [1.82, 2.24) is 4.90 Å². The lowest BCUT2D eigenvalue weighted by Crippen LogP contribution is -2.39. The lowest BCUT2D eigenvalue weighted by molar-refractivity contribution is -0.188. The molecule has 0 aromatic rings. The number of carboxylic acid groups (broad SMARTS) is 1. The van der Waals surface area contributed by atoms with Crippen molar-refractivity contribution < 1.29 is 32.6 Å². The molecule has 1 saturated carbocycles. The van der Waals surface area contributed by atoms with Gasteiger partial charge in [-0.15, -0.1) is 0 Å². The van der Waals surface area contributed by atoms with E-state index < -0.39 is 41.8 Å². The third-order valence-corrected chi connectivity index (χ3v) is 4.23. The standard InChI is InChI=1S/C13H18F3NO4/c1-2-21-7-12(3-4-12)11(20)17-5-8(10(18)19)9(6-17)13(14,15)16/h8-9H,2-7H2,1H3,(H,18,19)/t8-,9-/m1/s1. The van der Waals surface area contributed by atoms with E-state index in [1.165, 1.54) is 0 Å². The van der Waals surface area contributed by atoms with Crippen molar-refractivity contribution >= 4 is 11.9 Å². The molecule has 1 N–H and O–H groups in total. The van der Waals surface area contributed by atoms with Gasteiger partial charge < -0.3 is 14.7 Å². The van der Waals surface area contributed by atoms with Gasteiger partial charge in [-0.05, 0) is 19.8 Å². The number of aliphatic carboxylic acids is 1. The van der Waals surface area contributed by atoms with Gasteiger partial charge in [0.15, 0.2) is 0 Å². The number of ether oxygens (including phenoxy) is 1. The molecule has 2 rings (SSSR count). The minimum atomic E-state index is -4.62. The largest absolute Gasteiger partial charge is 0.481 e. The van der Waals surface area contributed by atoms with Crippen molar-refractivity contribution in [3.05, 3.63) is 0 Å². The van der Waals surface area contributed by atoms with Crippen molar-refractivity contribution in [2.75, 3.05) is 26.3 Å². The maximum Gasteiger partial charge on any atom is 0.394 e. The highest BCUT2D eigenvalue weighted by Gasteiger charge is 2.58. The molecule has 0 aromatic heterocycles. The first-order valence-electron chi connectivity index (χ1n) is 6.88. The highest BCUT2D eigenvalue weighted by atomic mass is 19.4. The quantitative estimate of drug-likeness (QED) is 0.836. The maximum atomic E-state index is 12.9. The summed E-state index contributed by atoms with van der Waals surface area (Å²) in [7, 11) is 0. The predicted octanol–water partition coefficient (Wildman–Crippen LogP) is 1.52. The van der Waals surface area contributed by atoms with Crippen molar-refractivity contribution in [3.63, 3.8) is 0 Å². The number of carboxylic acids is 1. The molecule has 1 aliphatic heterocycles. The Bertz CT molecular complexity index is 434. The number of likely N-dealkylation sites (tertiary alicyclic amines) is 1. The van der Waals surface area contributed by atoms with Gasteiger partial charge in [0.05, 0.1) is 23.9 Å².